The van der Waals surface area contributed by atoms with Crippen LogP contribution in [0.15, 0.2) is 48.5 Å². The maximum absolute atomic E-state index is 12.9. The molecular weight excluding hydrogens is 351 g/mol. The van der Waals surface area contributed by atoms with Crippen LogP contribution in [0.5, 0.6) is 0 Å². The van der Waals surface area contributed by atoms with Crippen molar-refractivity contribution in [3.05, 3.63) is 65.5 Å². The van der Waals surface area contributed by atoms with Gasteiger partial charge in [-0.15, -0.1) is 0 Å². The van der Waals surface area contributed by atoms with Gasteiger partial charge >= 0.3 is 5.97 Å². The molecule has 1 atom stereocenters. The zero-order chi connectivity index (χ0) is 20.0. The summed E-state index contributed by atoms with van der Waals surface area (Å²) in [7, 11) is 0. The second kappa shape index (κ2) is 8.93. The molecule has 0 aromatic heterocycles. The van der Waals surface area contributed by atoms with Crippen LogP contribution in [-0.4, -0.2) is 28.9 Å². The zero-order valence-electron chi connectivity index (χ0n) is 15.0. The van der Waals surface area contributed by atoms with E-state index in [0.29, 0.717) is 12.1 Å². The lowest BCUT2D eigenvalue weighted by molar-refractivity contribution is -0.139. The van der Waals surface area contributed by atoms with Crippen LogP contribution in [0.1, 0.15) is 41.0 Å². The lowest BCUT2D eigenvalue weighted by Gasteiger charge is -2.16. The fraction of sp³-hybridized carbons (Fsp3) is 0.250. The third-order valence-corrected chi connectivity index (χ3v) is 3.80. The van der Waals surface area contributed by atoms with Crippen LogP contribution in [0.3, 0.4) is 0 Å². The number of nitrogens with one attached hydrogen (secondary N) is 2. The van der Waals surface area contributed by atoms with Crippen molar-refractivity contribution in [1.82, 2.24) is 5.32 Å². The monoisotopic (exact) mass is 372 g/mol. The van der Waals surface area contributed by atoms with Crippen LogP contribution in [0, 0.1) is 11.7 Å². The van der Waals surface area contributed by atoms with E-state index < -0.39 is 29.6 Å². The number of amides is 2. The second-order valence-electron chi connectivity index (χ2n) is 6.54. The van der Waals surface area contributed by atoms with Crippen LogP contribution < -0.4 is 10.6 Å². The number of aliphatic carboxylic acids is 1. The number of carboxylic acid groups (broad SMARTS) is 1. The first kappa shape index (κ1) is 20.1. The van der Waals surface area contributed by atoms with Crippen molar-refractivity contribution in [3.8, 4) is 0 Å². The lowest BCUT2D eigenvalue weighted by Crippen LogP contribution is -2.41. The van der Waals surface area contributed by atoms with Crippen molar-refractivity contribution in [2.45, 2.75) is 26.3 Å². The molecule has 2 rings (SSSR count). The summed E-state index contributed by atoms with van der Waals surface area (Å²) in [6.45, 7) is 3.74. The molecule has 7 heteroatoms. The molecule has 2 aromatic carbocycles. The van der Waals surface area contributed by atoms with Gasteiger partial charge < -0.3 is 15.7 Å². The Morgan fingerprint density at radius 2 is 1.67 bits per heavy atom. The third-order valence-electron chi connectivity index (χ3n) is 3.80. The molecular formula is C20H21FN2O4. The highest BCUT2D eigenvalue weighted by atomic mass is 19.1. The Morgan fingerprint density at radius 1 is 1.00 bits per heavy atom. The van der Waals surface area contributed by atoms with Crippen LogP contribution >= 0.6 is 0 Å². The molecule has 27 heavy (non-hydrogen) atoms. The number of halogens is 1. The van der Waals surface area contributed by atoms with Crippen molar-refractivity contribution in [1.29, 1.82) is 0 Å². The summed E-state index contributed by atoms with van der Waals surface area (Å²) in [5.74, 6) is -2.43. The largest absolute Gasteiger partial charge is 0.480 e. The fourth-order valence-electron chi connectivity index (χ4n) is 2.48. The topological polar surface area (TPSA) is 95.5 Å². The molecule has 1 unspecified atom stereocenters. The minimum absolute atomic E-state index is 0.104. The number of carbonyl (C=O) groups excluding carboxylic acids is 2. The van der Waals surface area contributed by atoms with Gasteiger partial charge in [0.25, 0.3) is 11.8 Å². The number of carboxylic acids is 1. The number of benzene rings is 2. The minimum Gasteiger partial charge on any atom is -0.480 e. The molecule has 2 amide bonds. The standard InChI is InChI=1S/C20H21FN2O4/c1-12(2)10-17(20(26)27)23-19(25)14-4-3-5-16(11-14)22-18(24)13-6-8-15(21)9-7-13/h3-9,11-12,17H,10H2,1-2H3,(H,22,24)(H,23,25)(H,26,27). The van der Waals surface area contributed by atoms with Gasteiger partial charge in [0.05, 0.1) is 0 Å². The first-order valence-electron chi connectivity index (χ1n) is 8.47. The summed E-state index contributed by atoms with van der Waals surface area (Å²) in [6.07, 6.45) is 0.308. The summed E-state index contributed by atoms with van der Waals surface area (Å²) >= 11 is 0. The van der Waals surface area contributed by atoms with Gasteiger partial charge in [-0.25, -0.2) is 9.18 Å². The van der Waals surface area contributed by atoms with Crippen molar-refractivity contribution in [2.75, 3.05) is 5.32 Å². The van der Waals surface area contributed by atoms with Crippen molar-refractivity contribution in [3.63, 3.8) is 0 Å². The second-order valence-corrected chi connectivity index (χ2v) is 6.54. The first-order chi connectivity index (χ1) is 12.8. The van der Waals surface area contributed by atoms with E-state index in [9.17, 15) is 23.9 Å². The molecule has 0 aliphatic carbocycles. The van der Waals surface area contributed by atoms with Gasteiger partial charge in [0.15, 0.2) is 0 Å². The minimum atomic E-state index is -1.10. The van der Waals surface area contributed by atoms with Crippen molar-refractivity contribution < 1.29 is 23.9 Å². The van der Waals surface area contributed by atoms with Crippen molar-refractivity contribution >= 4 is 23.5 Å². The van der Waals surface area contributed by atoms with Crippen LogP contribution in [0.2, 0.25) is 0 Å². The van der Waals surface area contributed by atoms with E-state index in [1.165, 1.54) is 36.4 Å². The molecule has 0 saturated heterocycles. The number of hydrogen-bond donors (Lipinski definition) is 3. The Hall–Kier alpha value is -3.22. The maximum atomic E-state index is 12.9. The van der Waals surface area contributed by atoms with Gasteiger partial charge in [-0.05, 0) is 54.8 Å². The highest BCUT2D eigenvalue weighted by Gasteiger charge is 2.22. The predicted molar refractivity (Wildman–Crippen MR) is 99.1 cm³/mol. The number of carbonyl (C=O) groups is 3. The van der Waals surface area contributed by atoms with Gasteiger partial charge in [-0.2, -0.15) is 0 Å². The van der Waals surface area contributed by atoms with E-state index in [1.807, 2.05) is 13.8 Å². The van der Waals surface area contributed by atoms with E-state index in [4.69, 9.17) is 0 Å². The summed E-state index contributed by atoms with van der Waals surface area (Å²) in [5.41, 5.74) is 0.865. The molecule has 0 fully saturated rings. The molecule has 0 aliphatic rings. The van der Waals surface area contributed by atoms with Gasteiger partial charge in [0, 0.05) is 16.8 Å². The summed E-state index contributed by atoms with van der Waals surface area (Å²) < 4.78 is 12.9. The molecule has 142 valence electrons. The van der Waals surface area contributed by atoms with Gasteiger partial charge in [-0.1, -0.05) is 19.9 Å². The first-order valence-corrected chi connectivity index (χ1v) is 8.47. The molecule has 0 saturated carbocycles. The summed E-state index contributed by atoms with van der Waals surface area (Å²) in [5, 5.41) is 14.4. The molecule has 0 aliphatic heterocycles. The average Bonchev–Trinajstić information content (AvgIpc) is 2.61. The summed E-state index contributed by atoms with van der Waals surface area (Å²) in [6, 6.07) is 10.2. The van der Waals surface area contributed by atoms with Crippen LogP contribution in [-0.2, 0) is 4.79 Å². The van der Waals surface area contributed by atoms with Crippen molar-refractivity contribution in [2.24, 2.45) is 5.92 Å². The Kier molecular flexibility index (Phi) is 6.65. The average molecular weight is 372 g/mol. The van der Waals surface area contributed by atoms with Gasteiger partial charge in [0.1, 0.15) is 11.9 Å². The highest BCUT2D eigenvalue weighted by molar-refractivity contribution is 6.05. The third kappa shape index (κ3) is 5.91. The van der Waals surface area contributed by atoms with E-state index in [2.05, 4.69) is 10.6 Å². The van der Waals surface area contributed by atoms with E-state index in [1.54, 1.807) is 12.1 Å². The van der Waals surface area contributed by atoms with Crippen LogP contribution in [0.25, 0.3) is 0 Å². The summed E-state index contributed by atoms with van der Waals surface area (Å²) in [4.78, 5) is 35.8. The molecule has 0 bridgehead atoms. The fourth-order valence-corrected chi connectivity index (χ4v) is 2.48. The van der Waals surface area contributed by atoms with E-state index in [0.717, 1.165) is 0 Å². The number of rotatable bonds is 7. The normalized spacial score (nSPS) is 11.7. The van der Waals surface area contributed by atoms with Gasteiger partial charge in [-0.3, -0.25) is 9.59 Å². The Balaban J connectivity index is 2.09. The van der Waals surface area contributed by atoms with E-state index >= 15 is 0 Å². The Morgan fingerprint density at radius 3 is 2.26 bits per heavy atom. The molecule has 3 N–H and O–H groups in total. The van der Waals surface area contributed by atoms with E-state index in [-0.39, 0.29) is 17.0 Å². The molecule has 0 spiro atoms. The Labute approximate surface area is 156 Å². The smallest absolute Gasteiger partial charge is 0.326 e. The molecule has 0 heterocycles. The predicted octanol–water partition coefficient (Wildman–Crippen LogP) is 3.31. The number of hydrogen-bond acceptors (Lipinski definition) is 3. The highest BCUT2D eigenvalue weighted by Crippen LogP contribution is 2.14. The maximum Gasteiger partial charge on any atom is 0.326 e. The number of anilines is 1. The molecule has 6 nitrogen and oxygen atoms in total. The lowest BCUT2D eigenvalue weighted by atomic mass is 10.0. The SMILES string of the molecule is CC(C)CC(NC(=O)c1cccc(NC(=O)c2ccc(F)cc2)c1)C(=O)O. The molecule has 0 radical (unpaired) electrons. The Bertz CT molecular complexity index is 834. The molecule has 2 aromatic rings. The quantitative estimate of drug-likeness (QED) is 0.695. The van der Waals surface area contributed by atoms with Gasteiger partial charge in [0.2, 0.25) is 0 Å². The van der Waals surface area contributed by atoms with Crippen LogP contribution in [0.4, 0.5) is 10.1 Å². The zero-order valence-corrected chi connectivity index (χ0v) is 15.0.